The van der Waals surface area contributed by atoms with Gasteiger partial charge in [0.1, 0.15) is 5.82 Å². The number of carbonyl (C=O) groups excluding carboxylic acids is 3. The lowest BCUT2D eigenvalue weighted by atomic mass is 9.87. The number of alkyl halides is 1. The van der Waals surface area contributed by atoms with Gasteiger partial charge in [-0.25, -0.2) is 9.29 Å². The SMILES string of the molecule is COC(=O)[C@H]1CC[C@H](OC(F)(C(=O)Cc2cc(Cl)c(NC(=O)c3cn(C)c4ccccc34)cc2F)N2CCCC2)CC1. The topological polar surface area (TPSA) is 89.9 Å². The standard InChI is InChI=1S/C31H34ClF2N3O5/c1-36-18-23(22-7-3-4-8-27(22)36)29(39)35-26-17-25(33)20(15-24(26)32)16-28(38)31(34,37-13-5-6-14-37)42-21-11-9-19(10-12-21)30(40)41-2/h3-4,7-8,15,17-19,21H,5-6,9-14,16H2,1-2H3,(H,35,39)/t19-,21-,31?. The minimum Gasteiger partial charge on any atom is -0.469 e. The van der Waals surface area contributed by atoms with Crippen molar-refractivity contribution in [1.29, 1.82) is 0 Å². The first-order chi connectivity index (χ1) is 20.1. The van der Waals surface area contributed by atoms with E-state index in [9.17, 15) is 14.4 Å². The van der Waals surface area contributed by atoms with Crippen LogP contribution in [0.5, 0.6) is 0 Å². The number of hydrogen-bond acceptors (Lipinski definition) is 6. The van der Waals surface area contributed by atoms with Crippen LogP contribution >= 0.6 is 11.6 Å². The fourth-order valence-electron chi connectivity index (χ4n) is 5.94. The third-order valence-corrected chi connectivity index (χ3v) is 8.58. The number of para-hydroxylation sites is 1. The summed E-state index contributed by atoms with van der Waals surface area (Å²) < 4.78 is 44.3. The number of nitrogens with one attached hydrogen (secondary N) is 1. The number of carbonyl (C=O) groups is 3. The monoisotopic (exact) mass is 601 g/mol. The quantitative estimate of drug-likeness (QED) is 0.246. The number of ketones is 1. The summed E-state index contributed by atoms with van der Waals surface area (Å²) in [4.78, 5) is 39.7. The molecule has 2 aromatic carbocycles. The number of rotatable bonds is 9. The van der Waals surface area contributed by atoms with E-state index >= 15 is 8.78 Å². The Hall–Kier alpha value is -3.34. The van der Waals surface area contributed by atoms with Gasteiger partial charge in [0.05, 0.1) is 35.4 Å². The molecule has 1 saturated heterocycles. The van der Waals surface area contributed by atoms with Crippen molar-refractivity contribution in [3.63, 3.8) is 0 Å². The van der Waals surface area contributed by atoms with E-state index in [-0.39, 0.29) is 28.2 Å². The smallest absolute Gasteiger partial charge is 0.330 e. The van der Waals surface area contributed by atoms with Crippen molar-refractivity contribution < 1.29 is 32.6 Å². The van der Waals surface area contributed by atoms with Crippen LogP contribution in [-0.2, 0) is 32.5 Å². The molecule has 1 saturated carbocycles. The van der Waals surface area contributed by atoms with Gasteiger partial charge in [-0.1, -0.05) is 29.8 Å². The number of methoxy groups -OCH3 is 1. The van der Waals surface area contributed by atoms with Crippen LogP contribution in [0.1, 0.15) is 54.4 Å². The van der Waals surface area contributed by atoms with Gasteiger partial charge in [0.25, 0.3) is 5.91 Å². The Morgan fingerprint density at radius 3 is 2.48 bits per heavy atom. The summed E-state index contributed by atoms with van der Waals surface area (Å²) in [6.45, 7) is 0.671. The van der Waals surface area contributed by atoms with E-state index in [1.54, 1.807) is 6.20 Å². The number of aromatic nitrogens is 1. The second-order valence-corrected chi connectivity index (χ2v) is 11.4. The number of esters is 1. The summed E-state index contributed by atoms with van der Waals surface area (Å²) in [7, 11) is 3.15. The molecule has 2 aliphatic rings. The molecule has 2 heterocycles. The number of fused-ring (bicyclic) bond motifs is 1. The average Bonchev–Trinajstić information content (AvgIpc) is 3.65. The van der Waals surface area contributed by atoms with Gasteiger partial charge in [0, 0.05) is 43.7 Å². The molecule has 1 aliphatic carbocycles. The molecular weight excluding hydrogens is 568 g/mol. The minimum absolute atomic E-state index is 0.0143. The molecule has 0 spiro atoms. The van der Waals surface area contributed by atoms with E-state index in [4.69, 9.17) is 21.1 Å². The Labute approximate surface area is 247 Å². The first-order valence-corrected chi connectivity index (χ1v) is 14.5. The molecule has 1 N–H and O–H groups in total. The van der Waals surface area contributed by atoms with Crippen molar-refractivity contribution in [2.45, 2.75) is 57.0 Å². The second kappa shape index (κ2) is 12.5. The normalized spacial score (nSPS) is 20.8. The number of anilines is 1. The molecule has 1 aliphatic heterocycles. The van der Waals surface area contributed by atoms with E-state index in [0.29, 0.717) is 57.2 Å². The maximum atomic E-state index is 16.5. The van der Waals surface area contributed by atoms with Crippen molar-refractivity contribution in [2.75, 3.05) is 25.5 Å². The predicted octanol–water partition coefficient (Wildman–Crippen LogP) is 5.80. The Bertz CT molecular complexity index is 1500. The summed E-state index contributed by atoms with van der Waals surface area (Å²) in [5.74, 6) is -5.52. The fraction of sp³-hybridized carbons (Fsp3) is 0.452. The van der Waals surface area contributed by atoms with Crippen LogP contribution in [0.25, 0.3) is 10.9 Å². The van der Waals surface area contributed by atoms with E-state index < -0.39 is 36.0 Å². The summed E-state index contributed by atoms with van der Waals surface area (Å²) in [5, 5.41) is 3.40. The molecule has 1 amide bonds. The van der Waals surface area contributed by atoms with Gasteiger partial charge in [-0.05, 0) is 62.3 Å². The highest BCUT2D eigenvalue weighted by Crippen LogP contribution is 2.35. The highest BCUT2D eigenvalue weighted by molar-refractivity contribution is 6.34. The van der Waals surface area contributed by atoms with Gasteiger partial charge in [-0.15, -0.1) is 0 Å². The molecule has 1 unspecified atom stereocenters. The van der Waals surface area contributed by atoms with Crippen LogP contribution < -0.4 is 5.32 Å². The number of halogens is 3. The summed E-state index contributed by atoms with van der Waals surface area (Å²) in [5.41, 5.74) is 1.19. The van der Waals surface area contributed by atoms with Crippen LogP contribution in [-0.4, -0.2) is 59.4 Å². The van der Waals surface area contributed by atoms with Crippen molar-refractivity contribution in [3.8, 4) is 0 Å². The second-order valence-electron chi connectivity index (χ2n) is 11.0. The zero-order valence-electron chi connectivity index (χ0n) is 23.6. The predicted molar refractivity (Wildman–Crippen MR) is 154 cm³/mol. The maximum Gasteiger partial charge on any atom is 0.330 e. The number of aryl methyl sites for hydroxylation is 1. The molecule has 5 rings (SSSR count). The van der Waals surface area contributed by atoms with Gasteiger partial charge < -0.3 is 19.4 Å². The number of benzene rings is 2. The Balaban J connectivity index is 1.31. The van der Waals surface area contributed by atoms with Crippen LogP contribution in [0.3, 0.4) is 0 Å². The number of ether oxygens (including phenoxy) is 2. The lowest BCUT2D eigenvalue weighted by Crippen LogP contribution is -2.54. The van der Waals surface area contributed by atoms with Crippen LogP contribution in [0, 0.1) is 11.7 Å². The zero-order valence-corrected chi connectivity index (χ0v) is 24.4. The Kier molecular flexibility index (Phi) is 8.96. The van der Waals surface area contributed by atoms with Crippen LogP contribution in [0.4, 0.5) is 14.5 Å². The van der Waals surface area contributed by atoms with Gasteiger partial charge in [-0.2, -0.15) is 4.39 Å². The summed E-state index contributed by atoms with van der Waals surface area (Å²) >= 11 is 6.42. The van der Waals surface area contributed by atoms with Crippen LogP contribution in [0.15, 0.2) is 42.6 Å². The van der Waals surface area contributed by atoms with Crippen molar-refractivity contribution >= 4 is 45.9 Å². The first kappa shape index (κ1) is 30.1. The molecule has 3 aromatic rings. The molecular formula is C31H34ClF2N3O5. The summed E-state index contributed by atoms with van der Waals surface area (Å²) in [6.07, 6.45) is 3.68. The number of hydrogen-bond donors (Lipinski definition) is 1. The number of amides is 1. The highest BCUT2D eigenvalue weighted by atomic mass is 35.5. The Morgan fingerprint density at radius 2 is 1.79 bits per heavy atom. The number of nitrogens with zero attached hydrogens (tertiary/aromatic N) is 2. The molecule has 11 heteroatoms. The molecule has 0 bridgehead atoms. The molecule has 0 radical (unpaired) electrons. The molecule has 224 valence electrons. The third kappa shape index (κ3) is 6.07. The number of likely N-dealkylation sites (tertiary alicyclic amines) is 1. The van der Waals surface area contributed by atoms with E-state index in [0.717, 1.165) is 17.0 Å². The lowest BCUT2D eigenvalue weighted by molar-refractivity contribution is -0.252. The molecule has 8 nitrogen and oxygen atoms in total. The van der Waals surface area contributed by atoms with E-state index in [1.807, 2.05) is 35.9 Å². The zero-order chi connectivity index (χ0) is 30.0. The maximum absolute atomic E-state index is 16.5. The van der Waals surface area contributed by atoms with Crippen LogP contribution in [0.2, 0.25) is 5.02 Å². The highest BCUT2D eigenvalue weighted by Gasteiger charge is 2.49. The van der Waals surface area contributed by atoms with E-state index in [1.165, 1.54) is 18.1 Å². The largest absolute Gasteiger partial charge is 0.469 e. The molecule has 2 fully saturated rings. The van der Waals surface area contributed by atoms with Gasteiger partial charge in [0.2, 0.25) is 5.78 Å². The molecule has 1 aromatic heterocycles. The first-order valence-electron chi connectivity index (χ1n) is 14.2. The molecule has 42 heavy (non-hydrogen) atoms. The van der Waals surface area contributed by atoms with Crippen molar-refractivity contribution in [1.82, 2.24) is 9.47 Å². The number of Topliss-reactive ketones (excluding diaryl/α,β-unsaturated/α-hetero) is 1. The Morgan fingerprint density at radius 1 is 1.10 bits per heavy atom. The van der Waals surface area contributed by atoms with Gasteiger partial charge in [-0.3, -0.25) is 14.4 Å². The lowest BCUT2D eigenvalue weighted by Gasteiger charge is -2.37. The van der Waals surface area contributed by atoms with Crippen molar-refractivity contribution in [2.24, 2.45) is 13.0 Å². The van der Waals surface area contributed by atoms with Gasteiger partial charge in [0.15, 0.2) is 0 Å². The van der Waals surface area contributed by atoms with Crippen molar-refractivity contribution in [3.05, 3.63) is 64.6 Å². The third-order valence-electron chi connectivity index (χ3n) is 8.27. The molecule has 1 atom stereocenters. The van der Waals surface area contributed by atoms with Gasteiger partial charge >= 0.3 is 11.9 Å². The van der Waals surface area contributed by atoms with E-state index in [2.05, 4.69) is 5.32 Å². The fourth-order valence-corrected chi connectivity index (χ4v) is 6.17. The summed E-state index contributed by atoms with van der Waals surface area (Å²) in [6, 6.07) is 9.67. The average molecular weight is 602 g/mol. The minimum atomic E-state index is -2.74.